The van der Waals surface area contributed by atoms with E-state index < -0.39 is 0 Å². The van der Waals surface area contributed by atoms with Gasteiger partial charge in [-0.3, -0.25) is 10.1 Å². The zero-order valence-electron chi connectivity index (χ0n) is 13.8. The second kappa shape index (κ2) is 9.61. The standard InChI is InChI=1S/C18H20N2O4S/c1-2-23-10-11-24-16-9-4-3-8-15(16)17(22)20-18(25)19-13-6-5-7-14(21)12-13/h3-9,12,21H,2,10-11H2,1H3,(H2,19,20,22,25). The fourth-order valence-corrected chi connectivity index (χ4v) is 2.26. The molecule has 132 valence electrons. The molecule has 0 fully saturated rings. The third-order valence-electron chi connectivity index (χ3n) is 3.15. The summed E-state index contributed by atoms with van der Waals surface area (Å²) in [7, 11) is 0. The SMILES string of the molecule is CCOCCOc1ccccc1C(=O)NC(=S)Nc1cccc(O)c1. The monoisotopic (exact) mass is 360 g/mol. The van der Waals surface area contributed by atoms with E-state index >= 15 is 0 Å². The summed E-state index contributed by atoms with van der Waals surface area (Å²) in [6, 6.07) is 13.3. The van der Waals surface area contributed by atoms with Gasteiger partial charge in [-0.1, -0.05) is 18.2 Å². The lowest BCUT2D eigenvalue weighted by Crippen LogP contribution is -2.34. The Labute approximate surface area is 151 Å². The zero-order valence-corrected chi connectivity index (χ0v) is 14.6. The molecule has 0 aromatic heterocycles. The molecule has 0 aliphatic rings. The van der Waals surface area contributed by atoms with Gasteiger partial charge in [-0.15, -0.1) is 0 Å². The largest absolute Gasteiger partial charge is 0.508 e. The first-order valence-corrected chi connectivity index (χ1v) is 8.22. The molecule has 0 heterocycles. The van der Waals surface area contributed by atoms with E-state index in [-0.39, 0.29) is 16.8 Å². The number of phenols is 1. The van der Waals surface area contributed by atoms with Crippen LogP contribution in [0, 0.1) is 0 Å². The molecule has 7 heteroatoms. The highest BCUT2D eigenvalue weighted by Crippen LogP contribution is 2.18. The highest BCUT2D eigenvalue weighted by Gasteiger charge is 2.13. The van der Waals surface area contributed by atoms with Crippen LogP contribution >= 0.6 is 12.2 Å². The first-order chi connectivity index (χ1) is 12.1. The van der Waals surface area contributed by atoms with Crippen molar-refractivity contribution in [1.29, 1.82) is 0 Å². The number of carbonyl (C=O) groups is 1. The fourth-order valence-electron chi connectivity index (χ4n) is 2.05. The molecule has 0 unspecified atom stereocenters. The van der Waals surface area contributed by atoms with E-state index in [2.05, 4.69) is 10.6 Å². The van der Waals surface area contributed by atoms with Crippen molar-refractivity contribution in [3.63, 3.8) is 0 Å². The van der Waals surface area contributed by atoms with Crippen LogP contribution in [0.25, 0.3) is 0 Å². The number of benzene rings is 2. The van der Waals surface area contributed by atoms with Gasteiger partial charge in [0, 0.05) is 18.4 Å². The quantitative estimate of drug-likeness (QED) is 0.520. The number of amides is 1. The van der Waals surface area contributed by atoms with Crippen LogP contribution in [0.4, 0.5) is 5.69 Å². The van der Waals surface area contributed by atoms with Gasteiger partial charge in [0.15, 0.2) is 5.11 Å². The maximum atomic E-state index is 12.4. The van der Waals surface area contributed by atoms with Crippen molar-refractivity contribution in [1.82, 2.24) is 5.32 Å². The minimum Gasteiger partial charge on any atom is -0.508 e. The first kappa shape index (κ1) is 18.7. The van der Waals surface area contributed by atoms with Gasteiger partial charge in [0.25, 0.3) is 5.91 Å². The van der Waals surface area contributed by atoms with Gasteiger partial charge in [0.1, 0.15) is 18.1 Å². The topological polar surface area (TPSA) is 79.8 Å². The summed E-state index contributed by atoms with van der Waals surface area (Å²) in [5, 5.41) is 15.0. The first-order valence-electron chi connectivity index (χ1n) is 7.81. The Morgan fingerprint density at radius 1 is 1.16 bits per heavy atom. The molecular weight excluding hydrogens is 340 g/mol. The van der Waals surface area contributed by atoms with Crippen LogP contribution in [0.5, 0.6) is 11.5 Å². The molecule has 0 saturated carbocycles. The third kappa shape index (κ3) is 6.06. The Hall–Kier alpha value is -2.64. The summed E-state index contributed by atoms with van der Waals surface area (Å²) in [6.45, 7) is 3.32. The molecule has 0 aliphatic heterocycles. The van der Waals surface area contributed by atoms with E-state index in [0.717, 1.165) is 0 Å². The molecule has 0 bridgehead atoms. The van der Waals surface area contributed by atoms with Crippen LogP contribution < -0.4 is 15.4 Å². The molecule has 1 amide bonds. The summed E-state index contributed by atoms with van der Waals surface area (Å²) >= 11 is 5.14. The van der Waals surface area contributed by atoms with Crippen molar-refractivity contribution >= 4 is 28.9 Å². The van der Waals surface area contributed by atoms with Gasteiger partial charge < -0.3 is 19.9 Å². The number of para-hydroxylation sites is 1. The predicted octanol–water partition coefficient (Wildman–Crippen LogP) is 2.93. The average Bonchev–Trinajstić information content (AvgIpc) is 2.59. The molecule has 6 nitrogen and oxygen atoms in total. The van der Waals surface area contributed by atoms with Crippen molar-refractivity contribution in [3.05, 3.63) is 54.1 Å². The molecule has 2 aromatic rings. The number of anilines is 1. The van der Waals surface area contributed by atoms with Crippen LogP contribution in [0.1, 0.15) is 17.3 Å². The molecule has 0 saturated heterocycles. The number of ether oxygens (including phenoxy) is 2. The van der Waals surface area contributed by atoms with E-state index in [0.29, 0.717) is 36.8 Å². The summed E-state index contributed by atoms with van der Waals surface area (Å²) < 4.78 is 10.8. The fraction of sp³-hybridized carbons (Fsp3) is 0.222. The van der Waals surface area contributed by atoms with Gasteiger partial charge in [0.2, 0.25) is 0 Å². The minimum absolute atomic E-state index is 0.104. The lowest BCUT2D eigenvalue weighted by atomic mass is 10.2. The molecule has 2 aromatic carbocycles. The number of aromatic hydroxyl groups is 1. The highest BCUT2D eigenvalue weighted by molar-refractivity contribution is 7.80. The summed E-state index contributed by atoms with van der Waals surface area (Å²) in [6.07, 6.45) is 0. The normalized spacial score (nSPS) is 10.1. The average molecular weight is 360 g/mol. The summed E-state index contributed by atoms with van der Waals surface area (Å²) in [5.41, 5.74) is 0.950. The van der Waals surface area contributed by atoms with Gasteiger partial charge in [-0.05, 0) is 43.4 Å². The van der Waals surface area contributed by atoms with Gasteiger partial charge >= 0.3 is 0 Å². The molecule has 3 N–H and O–H groups in total. The van der Waals surface area contributed by atoms with Crippen molar-refractivity contribution in [2.45, 2.75) is 6.92 Å². The van der Waals surface area contributed by atoms with Crippen molar-refractivity contribution in [2.75, 3.05) is 25.1 Å². The second-order valence-corrected chi connectivity index (χ2v) is 5.41. The zero-order chi connectivity index (χ0) is 18.1. The van der Waals surface area contributed by atoms with Crippen LogP contribution in [0.2, 0.25) is 0 Å². The number of hydrogen-bond donors (Lipinski definition) is 3. The Balaban J connectivity index is 1.96. The van der Waals surface area contributed by atoms with E-state index in [9.17, 15) is 9.90 Å². The van der Waals surface area contributed by atoms with Crippen molar-refractivity contribution in [2.24, 2.45) is 0 Å². The van der Waals surface area contributed by atoms with Crippen LogP contribution in [-0.2, 0) is 4.74 Å². The number of hydrogen-bond acceptors (Lipinski definition) is 5. The van der Waals surface area contributed by atoms with Crippen molar-refractivity contribution in [3.8, 4) is 11.5 Å². The number of phenolic OH excluding ortho intramolecular Hbond substituents is 1. The molecular formula is C18H20N2O4S. The van der Waals surface area contributed by atoms with Crippen LogP contribution in [-0.4, -0.2) is 35.9 Å². The Kier molecular flexibility index (Phi) is 7.18. The van der Waals surface area contributed by atoms with E-state index in [1.54, 1.807) is 42.5 Å². The molecule has 0 aliphatic carbocycles. The van der Waals surface area contributed by atoms with Gasteiger partial charge in [-0.2, -0.15) is 0 Å². The highest BCUT2D eigenvalue weighted by atomic mass is 32.1. The summed E-state index contributed by atoms with van der Waals surface area (Å²) in [4.78, 5) is 12.4. The maximum absolute atomic E-state index is 12.4. The maximum Gasteiger partial charge on any atom is 0.261 e. The Morgan fingerprint density at radius 2 is 1.96 bits per heavy atom. The third-order valence-corrected chi connectivity index (χ3v) is 3.36. The number of carbonyl (C=O) groups excluding carboxylic acids is 1. The van der Waals surface area contributed by atoms with Gasteiger partial charge in [0.05, 0.1) is 12.2 Å². The Morgan fingerprint density at radius 3 is 2.72 bits per heavy atom. The van der Waals surface area contributed by atoms with Crippen LogP contribution in [0.15, 0.2) is 48.5 Å². The van der Waals surface area contributed by atoms with Crippen LogP contribution in [0.3, 0.4) is 0 Å². The van der Waals surface area contributed by atoms with E-state index in [1.807, 2.05) is 6.92 Å². The van der Waals surface area contributed by atoms with Crippen molar-refractivity contribution < 1.29 is 19.4 Å². The second-order valence-electron chi connectivity index (χ2n) is 5.00. The smallest absolute Gasteiger partial charge is 0.261 e. The molecule has 25 heavy (non-hydrogen) atoms. The Bertz CT molecular complexity index is 737. The van der Waals surface area contributed by atoms with Gasteiger partial charge in [-0.25, -0.2) is 0 Å². The van der Waals surface area contributed by atoms with E-state index in [1.165, 1.54) is 6.07 Å². The number of thiocarbonyl (C=S) groups is 1. The molecule has 0 radical (unpaired) electrons. The van der Waals surface area contributed by atoms with E-state index in [4.69, 9.17) is 21.7 Å². The lowest BCUT2D eigenvalue weighted by molar-refractivity contribution is 0.0958. The molecule has 2 rings (SSSR count). The molecule has 0 atom stereocenters. The molecule has 0 spiro atoms. The number of nitrogens with one attached hydrogen (secondary N) is 2. The predicted molar refractivity (Wildman–Crippen MR) is 100 cm³/mol. The minimum atomic E-state index is -0.385. The summed E-state index contributed by atoms with van der Waals surface area (Å²) in [5.74, 6) is 0.177. The number of rotatable bonds is 7. The lowest BCUT2D eigenvalue weighted by Gasteiger charge is -2.13.